The molecule has 1 aromatic carbocycles. The van der Waals surface area contributed by atoms with Crippen molar-refractivity contribution < 1.29 is 13.2 Å². The van der Waals surface area contributed by atoms with E-state index in [1.54, 1.807) is 19.2 Å². The number of carbonyl (C=O) groups is 1. The van der Waals surface area contributed by atoms with Crippen molar-refractivity contribution in [3.05, 3.63) is 52.2 Å². The van der Waals surface area contributed by atoms with Crippen molar-refractivity contribution in [1.29, 1.82) is 0 Å². The summed E-state index contributed by atoms with van der Waals surface area (Å²) in [6.45, 7) is -0.135. The van der Waals surface area contributed by atoms with Gasteiger partial charge in [-0.05, 0) is 56.4 Å². The van der Waals surface area contributed by atoms with Crippen LogP contribution in [0.1, 0.15) is 49.8 Å². The second-order valence-corrected chi connectivity index (χ2v) is 10.3. The molecule has 0 bridgehead atoms. The number of hydrogen-bond donors (Lipinski definition) is 1. The van der Waals surface area contributed by atoms with E-state index < -0.39 is 10.0 Å². The summed E-state index contributed by atoms with van der Waals surface area (Å²) >= 11 is 0. The molecule has 2 aliphatic carbocycles. The molecule has 8 nitrogen and oxygen atoms in total. The molecule has 0 radical (unpaired) electrons. The van der Waals surface area contributed by atoms with Crippen molar-refractivity contribution in [2.75, 3.05) is 12.4 Å². The van der Waals surface area contributed by atoms with Crippen LogP contribution in [0.4, 0.5) is 5.69 Å². The topological polar surface area (TPSA) is 101 Å². The van der Waals surface area contributed by atoms with Crippen molar-refractivity contribution in [3.8, 4) is 0 Å². The van der Waals surface area contributed by atoms with Crippen LogP contribution in [0.5, 0.6) is 0 Å². The third kappa shape index (κ3) is 4.57. The first-order valence-corrected chi connectivity index (χ1v) is 12.3. The van der Waals surface area contributed by atoms with Crippen molar-refractivity contribution >= 4 is 21.6 Å². The molecule has 1 aromatic heterocycles. The highest BCUT2D eigenvalue weighted by Gasteiger charge is 2.29. The van der Waals surface area contributed by atoms with E-state index in [9.17, 15) is 18.0 Å². The second-order valence-electron chi connectivity index (χ2n) is 8.34. The van der Waals surface area contributed by atoms with Crippen molar-refractivity contribution in [2.45, 2.75) is 68.8 Å². The summed E-state index contributed by atoms with van der Waals surface area (Å²) in [4.78, 5) is 29.4. The average molecular weight is 445 g/mol. The lowest BCUT2D eigenvalue weighted by atomic mass is 9.96. The maximum Gasteiger partial charge on any atom is 0.257 e. The third-order valence-electron chi connectivity index (χ3n) is 6.28. The fourth-order valence-electron chi connectivity index (χ4n) is 4.45. The van der Waals surface area contributed by atoms with Gasteiger partial charge < -0.3 is 5.32 Å². The highest BCUT2D eigenvalue weighted by atomic mass is 32.2. The van der Waals surface area contributed by atoms with Gasteiger partial charge in [-0.25, -0.2) is 13.4 Å². The Morgan fingerprint density at radius 3 is 2.55 bits per heavy atom. The monoisotopic (exact) mass is 444 g/mol. The van der Waals surface area contributed by atoms with Crippen LogP contribution >= 0.6 is 0 Å². The van der Waals surface area contributed by atoms with E-state index in [-0.39, 0.29) is 28.9 Å². The Morgan fingerprint density at radius 2 is 1.84 bits per heavy atom. The van der Waals surface area contributed by atoms with Crippen LogP contribution < -0.4 is 10.9 Å². The Labute approximate surface area is 182 Å². The van der Waals surface area contributed by atoms with Gasteiger partial charge in [0.2, 0.25) is 15.9 Å². The average Bonchev–Trinajstić information content (AvgIpc) is 3.26. The summed E-state index contributed by atoms with van der Waals surface area (Å²) in [5.41, 5.74) is 1.85. The quantitative estimate of drug-likeness (QED) is 0.737. The Bertz CT molecular complexity index is 1120. The number of aryl methyl sites for hydroxylation is 1. The van der Waals surface area contributed by atoms with Gasteiger partial charge in [-0.2, -0.15) is 4.31 Å². The smallest absolute Gasteiger partial charge is 0.257 e. The summed E-state index contributed by atoms with van der Waals surface area (Å²) in [7, 11) is -1.93. The van der Waals surface area contributed by atoms with Gasteiger partial charge in [0.1, 0.15) is 6.54 Å². The summed E-state index contributed by atoms with van der Waals surface area (Å²) < 4.78 is 28.7. The summed E-state index contributed by atoms with van der Waals surface area (Å²) in [6.07, 6.45) is 8.89. The first kappa shape index (κ1) is 21.7. The highest BCUT2D eigenvalue weighted by molar-refractivity contribution is 7.89. The number of benzene rings is 1. The molecule has 2 aliphatic rings. The minimum absolute atomic E-state index is 0.0392. The number of nitrogens with zero attached hydrogens (tertiary/aromatic N) is 3. The van der Waals surface area contributed by atoms with E-state index in [2.05, 4.69) is 10.3 Å². The number of hydrogen-bond acceptors (Lipinski definition) is 5. The van der Waals surface area contributed by atoms with Crippen LogP contribution in [0, 0.1) is 0 Å². The SMILES string of the molecule is CN(C1CCCCC1)S(=O)(=O)c1ccc(NC(=O)Cn2cnc3c(c2=O)CCC3)cc1. The molecule has 1 amide bonds. The molecule has 0 saturated heterocycles. The van der Waals surface area contributed by atoms with Gasteiger partial charge in [0.05, 0.1) is 16.9 Å². The van der Waals surface area contributed by atoms with Gasteiger partial charge >= 0.3 is 0 Å². The zero-order valence-corrected chi connectivity index (χ0v) is 18.5. The molecule has 1 heterocycles. The van der Waals surface area contributed by atoms with Gasteiger partial charge in [0, 0.05) is 24.3 Å². The van der Waals surface area contributed by atoms with Gasteiger partial charge in [-0.3, -0.25) is 14.2 Å². The first-order chi connectivity index (χ1) is 14.9. The van der Waals surface area contributed by atoms with E-state index in [0.29, 0.717) is 17.7 Å². The van der Waals surface area contributed by atoms with Crippen molar-refractivity contribution in [2.24, 2.45) is 0 Å². The lowest BCUT2D eigenvalue weighted by molar-refractivity contribution is -0.116. The maximum atomic E-state index is 12.9. The Kier molecular flexibility index (Phi) is 6.24. The van der Waals surface area contributed by atoms with Gasteiger partial charge in [-0.15, -0.1) is 0 Å². The molecule has 9 heteroatoms. The van der Waals surface area contributed by atoms with E-state index >= 15 is 0 Å². The third-order valence-corrected chi connectivity index (χ3v) is 8.20. The van der Waals surface area contributed by atoms with Gasteiger partial charge in [-0.1, -0.05) is 19.3 Å². The maximum absolute atomic E-state index is 12.9. The van der Waals surface area contributed by atoms with Crippen molar-refractivity contribution in [3.63, 3.8) is 0 Å². The van der Waals surface area contributed by atoms with Crippen LogP contribution in [-0.4, -0.2) is 41.3 Å². The Morgan fingerprint density at radius 1 is 1.13 bits per heavy atom. The van der Waals surface area contributed by atoms with Crippen LogP contribution in [-0.2, 0) is 34.2 Å². The number of sulfonamides is 1. The molecule has 31 heavy (non-hydrogen) atoms. The molecular weight excluding hydrogens is 416 g/mol. The fourth-order valence-corrected chi connectivity index (χ4v) is 5.87. The lowest BCUT2D eigenvalue weighted by Gasteiger charge is -2.30. The second kappa shape index (κ2) is 8.92. The molecule has 166 valence electrons. The number of fused-ring (bicyclic) bond motifs is 1. The highest BCUT2D eigenvalue weighted by Crippen LogP contribution is 2.27. The van der Waals surface area contributed by atoms with E-state index in [1.165, 1.54) is 27.3 Å². The number of carbonyl (C=O) groups excluding carboxylic acids is 1. The molecular formula is C22H28N4O4S. The van der Waals surface area contributed by atoms with E-state index in [4.69, 9.17) is 0 Å². The Balaban J connectivity index is 1.41. The van der Waals surface area contributed by atoms with Crippen LogP contribution in [0.25, 0.3) is 0 Å². The molecule has 1 N–H and O–H groups in total. The molecule has 0 spiro atoms. The molecule has 0 aliphatic heterocycles. The van der Waals surface area contributed by atoms with E-state index in [0.717, 1.165) is 50.6 Å². The van der Waals surface area contributed by atoms with Gasteiger partial charge in [0.25, 0.3) is 5.56 Å². The number of rotatable bonds is 6. The molecule has 2 aromatic rings. The standard InChI is InChI=1S/C22H28N4O4S/c1-25(17-6-3-2-4-7-17)31(29,30)18-12-10-16(11-13-18)24-21(27)14-26-15-23-20-9-5-8-19(20)22(26)28/h10-13,15,17H,2-9,14H2,1H3,(H,24,27). The first-order valence-electron chi connectivity index (χ1n) is 10.8. The largest absolute Gasteiger partial charge is 0.325 e. The number of amides is 1. The van der Waals surface area contributed by atoms with Crippen LogP contribution in [0.2, 0.25) is 0 Å². The normalized spacial score (nSPS) is 17.0. The number of anilines is 1. The minimum atomic E-state index is -3.58. The summed E-state index contributed by atoms with van der Waals surface area (Å²) in [5.74, 6) is -0.364. The molecule has 1 saturated carbocycles. The Hall–Kier alpha value is -2.52. The lowest BCUT2D eigenvalue weighted by Crippen LogP contribution is -2.38. The number of aromatic nitrogens is 2. The minimum Gasteiger partial charge on any atom is -0.325 e. The van der Waals surface area contributed by atoms with E-state index in [1.807, 2.05) is 0 Å². The number of nitrogens with one attached hydrogen (secondary N) is 1. The van der Waals surface area contributed by atoms with Gasteiger partial charge in [0.15, 0.2) is 0 Å². The predicted octanol–water partition coefficient (Wildman–Crippen LogP) is 2.32. The molecule has 1 fully saturated rings. The zero-order chi connectivity index (χ0) is 22.0. The van der Waals surface area contributed by atoms with Crippen LogP contribution in [0.3, 0.4) is 0 Å². The van der Waals surface area contributed by atoms with Crippen LogP contribution in [0.15, 0.2) is 40.3 Å². The molecule has 0 unspecified atom stereocenters. The summed E-state index contributed by atoms with van der Waals surface area (Å²) in [6, 6.07) is 6.20. The fraction of sp³-hybridized carbons (Fsp3) is 0.500. The molecule has 0 atom stereocenters. The predicted molar refractivity (Wildman–Crippen MR) is 117 cm³/mol. The summed E-state index contributed by atoms with van der Waals surface area (Å²) in [5, 5.41) is 2.72. The molecule has 4 rings (SSSR count). The van der Waals surface area contributed by atoms with Crippen molar-refractivity contribution in [1.82, 2.24) is 13.9 Å². The zero-order valence-electron chi connectivity index (χ0n) is 17.7.